The summed E-state index contributed by atoms with van der Waals surface area (Å²) in [7, 11) is -2.89. The second kappa shape index (κ2) is 9.38. The quantitative estimate of drug-likeness (QED) is 0.494. The first-order valence-corrected chi connectivity index (χ1v) is 10.8. The molecule has 5 nitrogen and oxygen atoms in total. The van der Waals surface area contributed by atoms with E-state index in [9.17, 15) is 17.6 Å². The van der Waals surface area contributed by atoms with Gasteiger partial charge in [-0.3, -0.25) is 0 Å². The van der Waals surface area contributed by atoms with Crippen molar-refractivity contribution in [3.05, 3.63) is 100 Å². The molecule has 0 saturated heterocycles. The zero-order chi connectivity index (χ0) is 21.7. The van der Waals surface area contributed by atoms with Crippen LogP contribution >= 0.6 is 11.6 Å². The van der Waals surface area contributed by atoms with Crippen LogP contribution in [0.1, 0.15) is 21.5 Å². The highest BCUT2D eigenvalue weighted by molar-refractivity contribution is 7.89. The molecular formula is C22H19ClFNO4S. The Balaban J connectivity index is 1.98. The fourth-order valence-corrected chi connectivity index (χ4v) is 4.57. The van der Waals surface area contributed by atoms with Gasteiger partial charge in [0, 0.05) is 18.1 Å². The van der Waals surface area contributed by atoms with Gasteiger partial charge < -0.3 is 4.74 Å². The molecule has 0 aromatic heterocycles. The summed E-state index contributed by atoms with van der Waals surface area (Å²) in [5.41, 5.74) is 1.55. The molecule has 0 radical (unpaired) electrons. The van der Waals surface area contributed by atoms with E-state index in [4.69, 9.17) is 11.6 Å². The minimum Gasteiger partial charge on any atom is -0.465 e. The van der Waals surface area contributed by atoms with E-state index in [1.807, 2.05) is 0 Å². The maximum absolute atomic E-state index is 14.3. The molecule has 8 heteroatoms. The predicted octanol–water partition coefficient (Wildman–Crippen LogP) is 4.66. The number of nitrogens with zero attached hydrogens (tertiary/aromatic N) is 1. The van der Waals surface area contributed by atoms with Gasteiger partial charge in [-0.1, -0.05) is 54.1 Å². The van der Waals surface area contributed by atoms with Gasteiger partial charge in [0.1, 0.15) is 10.7 Å². The van der Waals surface area contributed by atoms with E-state index in [1.54, 1.807) is 48.5 Å². The normalized spacial score (nSPS) is 11.5. The lowest BCUT2D eigenvalue weighted by atomic mass is 10.1. The first-order valence-electron chi connectivity index (χ1n) is 8.98. The molecule has 30 heavy (non-hydrogen) atoms. The average Bonchev–Trinajstić information content (AvgIpc) is 2.75. The molecule has 0 heterocycles. The number of esters is 1. The monoisotopic (exact) mass is 447 g/mol. The van der Waals surface area contributed by atoms with Crippen molar-refractivity contribution >= 4 is 27.6 Å². The Kier molecular flexibility index (Phi) is 6.87. The van der Waals surface area contributed by atoms with Crippen LogP contribution in [-0.4, -0.2) is 25.8 Å². The van der Waals surface area contributed by atoms with Crippen molar-refractivity contribution in [3.8, 4) is 0 Å². The molecule has 3 aromatic rings. The molecule has 156 valence electrons. The molecule has 0 N–H and O–H groups in total. The summed E-state index contributed by atoms with van der Waals surface area (Å²) < 4.78 is 46.7. The fourth-order valence-electron chi connectivity index (χ4n) is 2.90. The number of ether oxygens (including phenoxy) is 1. The lowest BCUT2D eigenvalue weighted by Crippen LogP contribution is -2.31. The van der Waals surface area contributed by atoms with Gasteiger partial charge in [-0.05, 0) is 41.5 Å². The Hall–Kier alpha value is -2.74. The molecule has 0 amide bonds. The highest BCUT2D eigenvalue weighted by atomic mass is 35.5. The van der Waals surface area contributed by atoms with E-state index in [-0.39, 0.29) is 13.1 Å². The molecule has 0 unspecified atom stereocenters. The van der Waals surface area contributed by atoms with Crippen molar-refractivity contribution in [3.63, 3.8) is 0 Å². The molecule has 3 aromatic carbocycles. The zero-order valence-electron chi connectivity index (χ0n) is 16.1. The van der Waals surface area contributed by atoms with Crippen molar-refractivity contribution in [1.29, 1.82) is 0 Å². The molecule has 0 fully saturated rings. The van der Waals surface area contributed by atoms with Crippen LogP contribution in [0.25, 0.3) is 0 Å². The molecule has 0 bridgehead atoms. The van der Waals surface area contributed by atoms with Crippen LogP contribution in [0.15, 0.2) is 77.7 Å². The number of carbonyl (C=O) groups excluding carboxylic acids is 1. The summed E-state index contributed by atoms with van der Waals surface area (Å²) >= 11 is 6.22. The van der Waals surface area contributed by atoms with Crippen LogP contribution < -0.4 is 0 Å². The SMILES string of the molecule is COC(=O)c1ccc(CN(Cc2ccccc2Cl)S(=O)(=O)c2ccccc2F)cc1. The number of sulfonamides is 1. The maximum Gasteiger partial charge on any atom is 0.337 e. The number of hydrogen-bond acceptors (Lipinski definition) is 4. The average molecular weight is 448 g/mol. The molecule has 0 aliphatic heterocycles. The van der Waals surface area contributed by atoms with Crippen LogP contribution in [0.3, 0.4) is 0 Å². The standard InChI is InChI=1S/C22H19ClFNO4S/c1-29-22(26)17-12-10-16(11-13-17)14-25(15-18-6-2-3-7-19(18)23)30(27,28)21-9-5-4-8-20(21)24/h2-13H,14-15H2,1H3. The van der Waals surface area contributed by atoms with E-state index in [2.05, 4.69) is 4.74 Å². The summed E-state index contributed by atoms with van der Waals surface area (Å²) in [5, 5.41) is 0.410. The number of methoxy groups -OCH3 is 1. The highest BCUT2D eigenvalue weighted by Gasteiger charge is 2.28. The number of rotatable bonds is 7. The first kappa shape index (κ1) is 22.0. The van der Waals surface area contributed by atoms with Crippen LogP contribution in [-0.2, 0) is 27.8 Å². The molecule has 0 atom stereocenters. The second-order valence-corrected chi connectivity index (χ2v) is 8.80. The third-order valence-electron chi connectivity index (χ3n) is 4.49. The molecule has 0 saturated carbocycles. The molecule has 0 aliphatic rings. The van der Waals surface area contributed by atoms with Gasteiger partial charge >= 0.3 is 5.97 Å². The van der Waals surface area contributed by atoms with Crippen molar-refractivity contribution < 1.29 is 22.3 Å². The summed E-state index contributed by atoms with van der Waals surface area (Å²) in [5.74, 6) is -1.32. The van der Waals surface area contributed by atoms with Gasteiger partial charge in [0.15, 0.2) is 0 Å². The summed E-state index contributed by atoms with van der Waals surface area (Å²) in [6.45, 7) is -0.0849. The van der Waals surface area contributed by atoms with E-state index in [1.165, 1.54) is 25.3 Å². The fraction of sp³-hybridized carbons (Fsp3) is 0.136. The van der Waals surface area contributed by atoms with Gasteiger partial charge in [-0.15, -0.1) is 0 Å². The third-order valence-corrected chi connectivity index (χ3v) is 6.69. The van der Waals surface area contributed by atoms with Crippen LogP contribution in [0, 0.1) is 5.82 Å². The Labute approximate surface area is 179 Å². The van der Waals surface area contributed by atoms with E-state index >= 15 is 0 Å². The van der Waals surface area contributed by atoms with E-state index in [0.29, 0.717) is 21.7 Å². The Morgan fingerprint density at radius 2 is 1.60 bits per heavy atom. The van der Waals surface area contributed by atoms with Crippen molar-refractivity contribution in [2.75, 3.05) is 7.11 Å². The number of hydrogen-bond donors (Lipinski definition) is 0. The zero-order valence-corrected chi connectivity index (χ0v) is 17.7. The topological polar surface area (TPSA) is 63.7 Å². The van der Waals surface area contributed by atoms with Gasteiger partial charge in [0.05, 0.1) is 12.7 Å². The van der Waals surface area contributed by atoms with Gasteiger partial charge in [0.25, 0.3) is 0 Å². The molecule has 3 rings (SSSR count). The highest BCUT2D eigenvalue weighted by Crippen LogP contribution is 2.26. The van der Waals surface area contributed by atoms with Crippen molar-refractivity contribution in [1.82, 2.24) is 4.31 Å². The lowest BCUT2D eigenvalue weighted by molar-refractivity contribution is 0.0600. The number of carbonyl (C=O) groups is 1. The van der Waals surface area contributed by atoms with Crippen LogP contribution in [0.5, 0.6) is 0 Å². The molecular weight excluding hydrogens is 429 g/mol. The van der Waals surface area contributed by atoms with Gasteiger partial charge in [0.2, 0.25) is 10.0 Å². The molecule has 0 spiro atoms. The first-order chi connectivity index (χ1) is 14.3. The Morgan fingerprint density at radius 1 is 0.967 bits per heavy atom. The smallest absolute Gasteiger partial charge is 0.337 e. The lowest BCUT2D eigenvalue weighted by Gasteiger charge is -2.23. The summed E-state index contributed by atoms with van der Waals surface area (Å²) in [4.78, 5) is 11.2. The van der Waals surface area contributed by atoms with Crippen molar-refractivity contribution in [2.24, 2.45) is 0 Å². The van der Waals surface area contributed by atoms with E-state index in [0.717, 1.165) is 10.4 Å². The van der Waals surface area contributed by atoms with Gasteiger partial charge in [-0.25, -0.2) is 17.6 Å². The number of halogens is 2. The van der Waals surface area contributed by atoms with Gasteiger partial charge in [-0.2, -0.15) is 4.31 Å². The third kappa shape index (κ3) is 4.87. The van der Waals surface area contributed by atoms with Crippen LogP contribution in [0.2, 0.25) is 5.02 Å². The Bertz CT molecular complexity index is 1150. The van der Waals surface area contributed by atoms with Crippen LogP contribution in [0.4, 0.5) is 4.39 Å². The second-order valence-electron chi connectivity index (χ2n) is 6.48. The minimum atomic E-state index is -4.17. The minimum absolute atomic E-state index is 0.0383. The molecule has 0 aliphatic carbocycles. The summed E-state index contributed by atoms with van der Waals surface area (Å²) in [6.07, 6.45) is 0. The number of benzene rings is 3. The predicted molar refractivity (Wildman–Crippen MR) is 112 cm³/mol. The van der Waals surface area contributed by atoms with Crippen molar-refractivity contribution in [2.45, 2.75) is 18.0 Å². The summed E-state index contributed by atoms with van der Waals surface area (Å²) in [6, 6.07) is 18.4. The Morgan fingerprint density at radius 3 is 2.23 bits per heavy atom. The largest absolute Gasteiger partial charge is 0.465 e. The van der Waals surface area contributed by atoms with E-state index < -0.39 is 26.7 Å². The maximum atomic E-state index is 14.3.